The van der Waals surface area contributed by atoms with Crippen molar-refractivity contribution in [2.75, 3.05) is 6.54 Å². The van der Waals surface area contributed by atoms with Gasteiger partial charge >= 0.3 is 5.69 Å². The Morgan fingerprint density at radius 3 is 2.78 bits per heavy atom. The van der Waals surface area contributed by atoms with Gasteiger partial charge in [-0.1, -0.05) is 12.1 Å². The molecule has 7 nitrogen and oxygen atoms in total. The lowest BCUT2D eigenvalue weighted by molar-refractivity contribution is -0.129. The highest BCUT2D eigenvalue weighted by Crippen LogP contribution is 2.11. The second kappa shape index (κ2) is 6.28. The zero-order chi connectivity index (χ0) is 16.4. The van der Waals surface area contributed by atoms with Crippen LogP contribution in [0.2, 0.25) is 0 Å². The Morgan fingerprint density at radius 2 is 2.00 bits per heavy atom. The molecular weight excluding hydrogens is 296 g/mol. The fourth-order valence-electron chi connectivity index (χ4n) is 2.98. The van der Waals surface area contributed by atoms with E-state index in [0.717, 1.165) is 18.4 Å². The number of fused-ring (bicyclic) bond motifs is 1. The molecule has 1 atom stereocenters. The van der Waals surface area contributed by atoms with Gasteiger partial charge in [-0.2, -0.15) is 0 Å². The molecule has 0 radical (unpaired) electrons. The van der Waals surface area contributed by atoms with Crippen molar-refractivity contribution in [3.63, 3.8) is 0 Å². The van der Waals surface area contributed by atoms with Gasteiger partial charge in [0.2, 0.25) is 11.8 Å². The molecule has 0 spiro atoms. The van der Waals surface area contributed by atoms with E-state index in [9.17, 15) is 14.4 Å². The molecule has 23 heavy (non-hydrogen) atoms. The maximum Gasteiger partial charge on any atom is 0.329 e. The van der Waals surface area contributed by atoms with Crippen molar-refractivity contribution in [2.24, 2.45) is 7.05 Å². The molecule has 2 heterocycles. The van der Waals surface area contributed by atoms with Crippen LogP contribution in [0.1, 0.15) is 19.3 Å². The molecule has 1 aromatic carbocycles. The van der Waals surface area contributed by atoms with Gasteiger partial charge in [0.25, 0.3) is 0 Å². The molecule has 1 fully saturated rings. The van der Waals surface area contributed by atoms with Crippen LogP contribution in [-0.4, -0.2) is 33.5 Å². The molecule has 0 aliphatic carbocycles. The van der Waals surface area contributed by atoms with E-state index >= 15 is 0 Å². The molecule has 0 saturated carbocycles. The molecule has 7 heteroatoms. The van der Waals surface area contributed by atoms with Crippen molar-refractivity contribution in [3.05, 3.63) is 34.7 Å². The summed E-state index contributed by atoms with van der Waals surface area (Å²) in [5, 5.41) is 5.52. The second-order valence-corrected chi connectivity index (χ2v) is 5.82. The van der Waals surface area contributed by atoms with Crippen molar-refractivity contribution < 1.29 is 9.59 Å². The molecule has 122 valence electrons. The predicted molar refractivity (Wildman–Crippen MR) is 86.0 cm³/mol. The summed E-state index contributed by atoms with van der Waals surface area (Å²) in [6, 6.07) is 6.80. The van der Waals surface area contributed by atoms with Crippen molar-refractivity contribution in [2.45, 2.75) is 31.8 Å². The molecule has 2 N–H and O–H groups in total. The molecule has 1 aliphatic heterocycles. The summed E-state index contributed by atoms with van der Waals surface area (Å²) in [6.45, 7) is 0.554. The molecule has 0 bridgehead atoms. The summed E-state index contributed by atoms with van der Waals surface area (Å²) in [4.78, 5) is 36.5. The average molecular weight is 316 g/mol. The summed E-state index contributed by atoms with van der Waals surface area (Å²) >= 11 is 0. The van der Waals surface area contributed by atoms with E-state index in [4.69, 9.17) is 0 Å². The number of hydrogen-bond donors (Lipinski definition) is 2. The van der Waals surface area contributed by atoms with Gasteiger partial charge in [0.15, 0.2) is 0 Å². The van der Waals surface area contributed by atoms with Crippen LogP contribution in [0.15, 0.2) is 29.1 Å². The first-order valence-corrected chi connectivity index (χ1v) is 7.79. The van der Waals surface area contributed by atoms with E-state index in [0.29, 0.717) is 18.5 Å². The molecule has 2 aromatic rings. The third-order valence-electron chi connectivity index (χ3n) is 4.22. The molecule has 2 amide bonds. The van der Waals surface area contributed by atoms with Crippen LogP contribution in [0.4, 0.5) is 0 Å². The van der Waals surface area contributed by atoms with Gasteiger partial charge in [0, 0.05) is 13.6 Å². The third-order valence-corrected chi connectivity index (χ3v) is 4.22. The van der Waals surface area contributed by atoms with E-state index in [-0.39, 0.29) is 24.0 Å². The van der Waals surface area contributed by atoms with Gasteiger partial charge in [-0.05, 0) is 31.4 Å². The molecular formula is C16H20N4O3. The van der Waals surface area contributed by atoms with Crippen molar-refractivity contribution in [3.8, 4) is 0 Å². The van der Waals surface area contributed by atoms with Gasteiger partial charge in [0.1, 0.15) is 12.6 Å². The number of hydrogen-bond acceptors (Lipinski definition) is 3. The zero-order valence-corrected chi connectivity index (χ0v) is 13.0. The summed E-state index contributed by atoms with van der Waals surface area (Å²) in [5.74, 6) is -0.480. The van der Waals surface area contributed by atoms with Crippen LogP contribution in [0, 0.1) is 0 Å². The molecule has 0 unspecified atom stereocenters. The minimum Gasteiger partial charge on any atom is -0.354 e. The minimum absolute atomic E-state index is 0.0933. The highest BCUT2D eigenvalue weighted by Gasteiger charge is 2.23. The third kappa shape index (κ3) is 2.99. The lowest BCUT2D eigenvalue weighted by Gasteiger charge is -2.15. The van der Waals surface area contributed by atoms with Crippen molar-refractivity contribution in [1.29, 1.82) is 0 Å². The first-order chi connectivity index (χ1) is 11.1. The van der Waals surface area contributed by atoms with Crippen LogP contribution < -0.4 is 16.3 Å². The standard InChI is InChI=1S/C16H20N4O3/c1-19-12-7-2-3-8-13(12)20(16(19)23)10-14(21)18-11-6-4-5-9-17-15(11)22/h2-3,7-8,11H,4-6,9-10H2,1H3,(H,17,22)(H,18,21)/t11-/m1/s1. The fraction of sp³-hybridized carbons (Fsp3) is 0.438. The Hall–Kier alpha value is -2.57. The number of carbonyl (C=O) groups is 2. The number of benzene rings is 1. The lowest BCUT2D eigenvalue weighted by atomic mass is 10.1. The first kappa shape index (κ1) is 15.3. The van der Waals surface area contributed by atoms with Gasteiger partial charge in [-0.25, -0.2) is 4.79 Å². The maximum atomic E-state index is 12.3. The van der Waals surface area contributed by atoms with E-state index in [2.05, 4.69) is 10.6 Å². The van der Waals surface area contributed by atoms with Gasteiger partial charge < -0.3 is 10.6 Å². The van der Waals surface area contributed by atoms with E-state index in [1.807, 2.05) is 24.3 Å². The maximum absolute atomic E-state index is 12.3. The molecule has 3 rings (SSSR count). The Labute approximate surface area is 133 Å². The number of aromatic nitrogens is 2. The highest BCUT2D eigenvalue weighted by molar-refractivity contribution is 5.88. The van der Waals surface area contributed by atoms with E-state index in [1.54, 1.807) is 7.05 Å². The number of para-hydroxylation sites is 2. The highest BCUT2D eigenvalue weighted by atomic mass is 16.2. The lowest BCUT2D eigenvalue weighted by Crippen LogP contribution is -2.47. The predicted octanol–water partition coefficient (Wildman–Crippen LogP) is 0.125. The quantitative estimate of drug-likeness (QED) is 0.844. The Bertz CT molecular complexity index is 805. The largest absolute Gasteiger partial charge is 0.354 e. The van der Waals surface area contributed by atoms with Gasteiger partial charge in [0.05, 0.1) is 11.0 Å². The topological polar surface area (TPSA) is 85.1 Å². The fourth-order valence-corrected chi connectivity index (χ4v) is 2.98. The number of carbonyl (C=O) groups excluding carboxylic acids is 2. The second-order valence-electron chi connectivity index (χ2n) is 5.82. The SMILES string of the molecule is Cn1c(=O)n(CC(=O)N[C@@H]2CCCCNC2=O)c2ccccc21. The smallest absolute Gasteiger partial charge is 0.329 e. The Balaban J connectivity index is 1.79. The Kier molecular flexibility index (Phi) is 4.18. The monoisotopic (exact) mass is 316 g/mol. The van der Waals surface area contributed by atoms with Crippen LogP contribution in [-0.2, 0) is 23.2 Å². The Morgan fingerprint density at radius 1 is 1.26 bits per heavy atom. The summed E-state index contributed by atoms with van der Waals surface area (Å²) < 4.78 is 2.94. The minimum atomic E-state index is -0.518. The van der Waals surface area contributed by atoms with Crippen molar-refractivity contribution in [1.82, 2.24) is 19.8 Å². The van der Waals surface area contributed by atoms with Gasteiger partial charge in [-0.3, -0.25) is 18.7 Å². The summed E-state index contributed by atoms with van der Waals surface area (Å²) in [6.07, 6.45) is 2.43. The first-order valence-electron chi connectivity index (χ1n) is 7.79. The molecule has 1 aromatic heterocycles. The van der Waals surface area contributed by atoms with Crippen LogP contribution in [0.25, 0.3) is 11.0 Å². The summed E-state index contributed by atoms with van der Waals surface area (Å²) in [7, 11) is 1.68. The average Bonchev–Trinajstić information content (AvgIpc) is 2.69. The van der Waals surface area contributed by atoms with Crippen molar-refractivity contribution >= 4 is 22.8 Å². The van der Waals surface area contributed by atoms with E-state index in [1.165, 1.54) is 9.13 Å². The normalized spacial score (nSPS) is 18.5. The molecule has 1 saturated heterocycles. The van der Waals surface area contributed by atoms with E-state index < -0.39 is 6.04 Å². The number of imidazole rings is 1. The van der Waals surface area contributed by atoms with Crippen LogP contribution in [0.3, 0.4) is 0 Å². The van der Waals surface area contributed by atoms with Crippen LogP contribution >= 0.6 is 0 Å². The number of nitrogens with one attached hydrogen (secondary N) is 2. The molecule has 1 aliphatic rings. The van der Waals surface area contributed by atoms with Gasteiger partial charge in [-0.15, -0.1) is 0 Å². The summed E-state index contributed by atoms with van der Waals surface area (Å²) in [5.41, 5.74) is 1.24. The number of nitrogens with zero attached hydrogens (tertiary/aromatic N) is 2. The number of rotatable bonds is 3. The number of amides is 2. The number of aryl methyl sites for hydroxylation is 1. The zero-order valence-electron chi connectivity index (χ0n) is 13.0. The van der Waals surface area contributed by atoms with Crippen LogP contribution in [0.5, 0.6) is 0 Å².